The zero-order valence-corrected chi connectivity index (χ0v) is 11.6. The summed E-state index contributed by atoms with van der Waals surface area (Å²) in [6.45, 7) is 2.05. The van der Waals surface area contributed by atoms with E-state index < -0.39 is 0 Å². The first-order valence-corrected chi connectivity index (χ1v) is 7.09. The van der Waals surface area contributed by atoms with Crippen LogP contribution in [-0.4, -0.2) is 21.2 Å². The molecule has 3 heterocycles. The summed E-state index contributed by atoms with van der Waals surface area (Å²) < 4.78 is 7.66. The first kappa shape index (κ1) is 12.5. The minimum Gasteiger partial charge on any atom is -0.375 e. The lowest BCUT2D eigenvalue weighted by molar-refractivity contribution is 0.0814. The van der Waals surface area contributed by atoms with Crippen LogP contribution >= 0.6 is 0 Å². The van der Waals surface area contributed by atoms with Crippen LogP contribution in [0.15, 0.2) is 48.7 Å². The number of nitrogens with zero attached hydrogens (tertiary/aromatic N) is 3. The Hall–Kier alpha value is -2.24. The fourth-order valence-electron chi connectivity index (χ4n) is 2.78. The van der Waals surface area contributed by atoms with Gasteiger partial charge in [0.1, 0.15) is 0 Å². The summed E-state index contributed by atoms with van der Waals surface area (Å²) in [5.41, 5.74) is 3.44. The van der Waals surface area contributed by atoms with Gasteiger partial charge in [0.2, 0.25) is 0 Å². The third-order valence-electron chi connectivity index (χ3n) is 3.86. The van der Waals surface area contributed by atoms with Gasteiger partial charge in [0.05, 0.1) is 25.8 Å². The Kier molecular flexibility index (Phi) is 3.14. The molecule has 0 aliphatic carbocycles. The highest BCUT2D eigenvalue weighted by Crippen LogP contribution is 2.24. The molecule has 0 bridgehead atoms. The number of ether oxygens (including phenoxy) is 1. The van der Waals surface area contributed by atoms with Crippen molar-refractivity contribution < 1.29 is 4.74 Å². The molecule has 4 rings (SSSR count). The molecule has 1 aliphatic heterocycles. The van der Waals surface area contributed by atoms with Crippen LogP contribution in [-0.2, 0) is 17.9 Å². The molecule has 0 saturated heterocycles. The van der Waals surface area contributed by atoms with E-state index in [0.29, 0.717) is 19.8 Å². The first-order chi connectivity index (χ1) is 10.4. The summed E-state index contributed by atoms with van der Waals surface area (Å²) in [5.74, 6) is 0.911. The summed E-state index contributed by atoms with van der Waals surface area (Å²) in [4.78, 5) is 0. The number of aromatic nitrogens is 3. The highest BCUT2D eigenvalue weighted by Gasteiger charge is 2.20. The summed E-state index contributed by atoms with van der Waals surface area (Å²) in [6.07, 6.45) is 1.98. The molecule has 106 valence electrons. The average Bonchev–Trinajstić information content (AvgIpc) is 2.96. The van der Waals surface area contributed by atoms with Gasteiger partial charge < -0.3 is 10.1 Å². The van der Waals surface area contributed by atoms with Gasteiger partial charge in [0.15, 0.2) is 11.5 Å². The molecule has 5 nitrogen and oxygen atoms in total. The Balaban J connectivity index is 1.55. The topological polar surface area (TPSA) is 51.5 Å². The molecule has 1 aliphatic rings. The molecule has 0 saturated carbocycles. The number of pyridine rings is 1. The van der Waals surface area contributed by atoms with E-state index in [-0.39, 0.29) is 6.04 Å². The smallest absolute Gasteiger partial charge is 0.160 e. The minimum absolute atomic E-state index is 0.200. The van der Waals surface area contributed by atoms with Crippen molar-refractivity contribution in [1.82, 2.24) is 19.9 Å². The van der Waals surface area contributed by atoms with Crippen molar-refractivity contribution in [2.75, 3.05) is 6.61 Å². The predicted octanol–water partition coefficient (Wildman–Crippen LogP) is 2.09. The monoisotopic (exact) mass is 280 g/mol. The van der Waals surface area contributed by atoms with Gasteiger partial charge in [0, 0.05) is 6.20 Å². The van der Waals surface area contributed by atoms with Crippen molar-refractivity contribution in [2.24, 2.45) is 0 Å². The molecule has 0 spiro atoms. The van der Waals surface area contributed by atoms with Gasteiger partial charge in [-0.1, -0.05) is 30.3 Å². The molecule has 1 unspecified atom stereocenters. The van der Waals surface area contributed by atoms with E-state index in [1.54, 1.807) is 0 Å². The van der Waals surface area contributed by atoms with Crippen LogP contribution in [0.5, 0.6) is 0 Å². The van der Waals surface area contributed by atoms with Gasteiger partial charge in [-0.25, -0.2) is 0 Å². The van der Waals surface area contributed by atoms with Crippen LogP contribution in [0.4, 0.5) is 0 Å². The van der Waals surface area contributed by atoms with Gasteiger partial charge in [-0.05, 0) is 23.3 Å². The molecule has 1 aromatic carbocycles. The summed E-state index contributed by atoms with van der Waals surface area (Å²) >= 11 is 0. The van der Waals surface area contributed by atoms with E-state index in [1.807, 2.05) is 28.8 Å². The number of nitrogens with one attached hydrogen (secondary N) is 1. The maximum Gasteiger partial charge on any atom is 0.160 e. The number of hydrogen-bond acceptors (Lipinski definition) is 4. The molecule has 0 radical (unpaired) electrons. The predicted molar refractivity (Wildman–Crippen MR) is 78.7 cm³/mol. The Labute approximate surface area is 122 Å². The second-order valence-corrected chi connectivity index (χ2v) is 5.19. The Morgan fingerprint density at radius 2 is 2.05 bits per heavy atom. The van der Waals surface area contributed by atoms with E-state index in [0.717, 1.165) is 11.5 Å². The zero-order chi connectivity index (χ0) is 14.1. The van der Waals surface area contributed by atoms with Crippen LogP contribution in [0.1, 0.15) is 23.0 Å². The minimum atomic E-state index is 0.200. The van der Waals surface area contributed by atoms with Gasteiger partial charge in [-0.3, -0.25) is 4.40 Å². The highest BCUT2D eigenvalue weighted by molar-refractivity contribution is 5.37. The molecular formula is C16H16N4O. The van der Waals surface area contributed by atoms with E-state index in [4.69, 9.17) is 4.74 Å². The molecule has 1 N–H and O–H groups in total. The molecule has 0 fully saturated rings. The van der Waals surface area contributed by atoms with Crippen molar-refractivity contribution in [1.29, 1.82) is 0 Å². The Bertz CT molecular complexity index is 768. The van der Waals surface area contributed by atoms with Crippen LogP contribution in [0.25, 0.3) is 5.65 Å². The van der Waals surface area contributed by atoms with Gasteiger partial charge in [-0.2, -0.15) is 0 Å². The average molecular weight is 280 g/mol. The van der Waals surface area contributed by atoms with Crippen molar-refractivity contribution in [3.05, 3.63) is 65.6 Å². The quantitative estimate of drug-likeness (QED) is 0.798. The van der Waals surface area contributed by atoms with Gasteiger partial charge in [0.25, 0.3) is 0 Å². The summed E-state index contributed by atoms with van der Waals surface area (Å²) in [7, 11) is 0. The number of benzene rings is 1. The zero-order valence-electron chi connectivity index (χ0n) is 11.6. The van der Waals surface area contributed by atoms with Crippen LogP contribution in [0.3, 0.4) is 0 Å². The third kappa shape index (κ3) is 2.30. The number of rotatable bonds is 3. The standard InChI is InChI=1S/C16H16N4O/c1-2-6-13-12(5-1)10-21-11-14(13)17-9-16-19-18-15-7-3-4-8-20(15)16/h1-8,14,17H,9-11H2. The number of fused-ring (bicyclic) bond motifs is 2. The van der Waals surface area contributed by atoms with E-state index in [9.17, 15) is 0 Å². The fourth-order valence-corrected chi connectivity index (χ4v) is 2.78. The maximum absolute atomic E-state index is 5.66. The van der Waals surface area contributed by atoms with Crippen LogP contribution < -0.4 is 5.32 Å². The van der Waals surface area contributed by atoms with Gasteiger partial charge >= 0.3 is 0 Å². The molecule has 3 aromatic rings. The molecule has 5 heteroatoms. The number of hydrogen-bond donors (Lipinski definition) is 1. The largest absolute Gasteiger partial charge is 0.375 e. The summed E-state index contributed by atoms with van der Waals surface area (Å²) in [6, 6.07) is 14.5. The molecule has 1 atom stereocenters. The normalized spacial score (nSPS) is 17.8. The highest BCUT2D eigenvalue weighted by atomic mass is 16.5. The summed E-state index contributed by atoms with van der Waals surface area (Å²) in [5, 5.41) is 11.9. The van der Waals surface area contributed by atoms with Gasteiger partial charge in [-0.15, -0.1) is 10.2 Å². The van der Waals surface area contributed by atoms with Crippen LogP contribution in [0, 0.1) is 0 Å². The van der Waals surface area contributed by atoms with Crippen LogP contribution in [0.2, 0.25) is 0 Å². The lowest BCUT2D eigenvalue weighted by Gasteiger charge is -2.26. The van der Waals surface area contributed by atoms with Crippen molar-refractivity contribution >= 4 is 5.65 Å². The molecule has 2 aromatic heterocycles. The molecule has 21 heavy (non-hydrogen) atoms. The second kappa shape index (κ2) is 5.27. The molecular weight excluding hydrogens is 264 g/mol. The Morgan fingerprint density at radius 3 is 3.05 bits per heavy atom. The lowest BCUT2D eigenvalue weighted by Crippen LogP contribution is -2.30. The van der Waals surface area contributed by atoms with E-state index >= 15 is 0 Å². The first-order valence-electron chi connectivity index (χ1n) is 7.09. The Morgan fingerprint density at radius 1 is 1.14 bits per heavy atom. The van der Waals surface area contributed by atoms with Crippen molar-refractivity contribution in [3.8, 4) is 0 Å². The second-order valence-electron chi connectivity index (χ2n) is 5.19. The molecule has 0 amide bonds. The van der Waals surface area contributed by atoms with Crippen molar-refractivity contribution in [3.63, 3.8) is 0 Å². The lowest BCUT2D eigenvalue weighted by atomic mass is 9.99. The van der Waals surface area contributed by atoms with E-state index in [2.05, 4.69) is 39.8 Å². The fraction of sp³-hybridized carbons (Fsp3) is 0.250. The SMILES string of the molecule is c1ccc2c(c1)COCC2NCc1nnc2ccccn12. The third-order valence-corrected chi connectivity index (χ3v) is 3.86. The van der Waals surface area contributed by atoms with E-state index in [1.165, 1.54) is 11.1 Å². The van der Waals surface area contributed by atoms with Crippen molar-refractivity contribution in [2.45, 2.75) is 19.2 Å². The maximum atomic E-state index is 5.66.